The van der Waals surface area contributed by atoms with Gasteiger partial charge in [0.15, 0.2) is 5.82 Å². The van der Waals surface area contributed by atoms with Gasteiger partial charge < -0.3 is 10.3 Å². The van der Waals surface area contributed by atoms with E-state index in [-0.39, 0.29) is 5.92 Å². The summed E-state index contributed by atoms with van der Waals surface area (Å²) in [5, 5.41) is 3.69. The Balaban J connectivity index is 2.73. The largest absolute Gasteiger partial charge is 0.339 e. The first-order valence-electron chi connectivity index (χ1n) is 3.78. The highest BCUT2D eigenvalue weighted by Gasteiger charge is 2.13. The molecule has 0 aliphatic rings. The van der Waals surface area contributed by atoms with Crippen LogP contribution in [0.15, 0.2) is 4.52 Å². The summed E-state index contributed by atoms with van der Waals surface area (Å²) in [4.78, 5) is 4.09. The Bertz CT molecular complexity index is 217. The van der Waals surface area contributed by atoms with E-state index in [1.54, 1.807) is 6.92 Å². The van der Waals surface area contributed by atoms with Crippen LogP contribution in [0.1, 0.15) is 31.0 Å². The highest BCUT2D eigenvalue weighted by Crippen LogP contribution is 2.14. The minimum absolute atomic E-state index is 0.219. The second kappa shape index (κ2) is 3.48. The lowest BCUT2D eigenvalue weighted by molar-refractivity contribution is 0.349. The third-order valence-corrected chi connectivity index (χ3v) is 1.67. The van der Waals surface area contributed by atoms with E-state index in [0.29, 0.717) is 18.3 Å². The van der Waals surface area contributed by atoms with Crippen LogP contribution >= 0.6 is 0 Å². The fourth-order valence-electron chi connectivity index (χ4n) is 0.921. The van der Waals surface area contributed by atoms with Crippen molar-refractivity contribution in [3.63, 3.8) is 0 Å². The quantitative estimate of drug-likeness (QED) is 0.702. The molecular formula is C7H13N3O. The SMILES string of the molecule is CCC(CN)c1nc(C)no1. The van der Waals surface area contributed by atoms with E-state index in [1.807, 2.05) is 0 Å². The van der Waals surface area contributed by atoms with E-state index in [1.165, 1.54) is 0 Å². The molecule has 1 atom stereocenters. The smallest absolute Gasteiger partial charge is 0.231 e. The molecule has 62 valence electrons. The molecule has 2 N–H and O–H groups in total. The van der Waals surface area contributed by atoms with Crippen LogP contribution in [0.25, 0.3) is 0 Å². The topological polar surface area (TPSA) is 64.9 Å². The van der Waals surface area contributed by atoms with Crippen molar-refractivity contribution in [2.45, 2.75) is 26.2 Å². The third-order valence-electron chi connectivity index (χ3n) is 1.67. The number of nitrogens with two attached hydrogens (primary N) is 1. The van der Waals surface area contributed by atoms with Crippen LogP contribution in [0, 0.1) is 6.92 Å². The maximum absolute atomic E-state index is 5.50. The van der Waals surface area contributed by atoms with Crippen molar-refractivity contribution < 1.29 is 4.52 Å². The van der Waals surface area contributed by atoms with Crippen molar-refractivity contribution in [2.75, 3.05) is 6.54 Å². The summed E-state index contributed by atoms with van der Waals surface area (Å²) in [6.45, 7) is 4.42. The minimum atomic E-state index is 0.219. The van der Waals surface area contributed by atoms with Crippen molar-refractivity contribution in [2.24, 2.45) is 5.73 Å². The Morgan fingerprint density at radius 3 is 2.73 bits per heavy atom. The zero-order valence-corrected chi connectivity index (χ0v) is 6.87. The summed E-state index contributed by atoms with van der Waals surface area (Å²) in [7, 11) is 0. The van der Waals surface area contributed by atoms with Gasteiger partial charge >= 0.3 is 0 Å². The van der Waals surface area contributed by atoms with Crippen LogP contribution in [0.3, 0.4) is 0 Å². The number of aryl methyl sites for hydroxylation is 1. The molecule has 0 saturated carbocycles. The standard InChI is InChI=1S/C7H13N3O/c1-3-6(4-8)7-9-5(2)10-11-7/h6H,3-4,8H2,1-2H3. The van der Waals surface area contributed by atoms with Crippen LogP contribution in [-0.4, -0.2) is 16.7 Å². The molecule has 4 nitrogen and oxygen atoms in total. The van der Waals surface area contributed by atoms with Gasteiger partial charge in [-0.15, -0.1) is 0 Å². The number of hydrogen-bond acceptors (Lipinski definition) is 4. The van der Waals surface area contributed by atoms with Gasteiger partial charge in [-0.3, -0.25) is 0 Å². The van der Waals surface area contributed by atoms with Crippen LogP contribution in [0.4, 0.5) is 0 Å². The van der Waals surface area contributed by atoms with Crippen molar-refractivity contribution in [3.8, 4) is 0 Å². The summed E-state index contributed by atoms with van der Waals surface area (Å²) in [6, 6.07) is 0. The molecule has 0 amide bonds. The maximum atomic E-state index is 5.50. The van der Waals surface area contributed by atoms with E-state index in [9.17, 15) is 0 Å². The van der Waals surface area contributed by atoms with Gasteiger partial charge in [0.1, 0.15) is 0 Å². The van der Waals surface area contributed by atoms with Gasteiger partial charge in [-0.1, -0.05) is 12.1 Å². The average molecular weight is 155 g/mol. The minimum Gasteiger partial charge on any atom is -0.339 e. The van der Waals surface area contributed by atoms with Crippen molar-refractivity contribution in [3.05, 3.63) is 11.7 Å². The lowest BCUT2D eigenvalue weighted by Crippen LogP contribution is -2.11. The van der Waals surface area contributed by atoms with E-state index < -0.39 is 0 Å². The van der Waals surface area contributed by atoms with Gasteiger partial charge in [0, 0.05) is 6.54 Å². The number of aromatic nitrogens is 2. The molecule has 0 aliphatic heterocycles. The normalized spacial score (nSPS) is 13.4. The summed E-state index contributed by atoms with van der Waals surface area (Å²) < 4.78 is 4.97. The average Bonchev–Trinajstić information content (AvgIpc) is 2.39. The third kappa shape index (κ3) is 1.77. The van der Waals surface area contributed by atoms with Crippen molar-refractivity contribution >= 4 is 0 Å². The van der Waals surface area contributed by atoms with E-state index >= 15 is 0 Å². The summed E-state index contributed by atoms with van der Waals surface area (Å²) in [6.07, 6.45) is 0.943. The molecule has 0 saturated heterocycles. The maximum Gasteiger partial charge on any atom is 0.231 e. The van der Waals surface area contributed by atoms with Crippen LogP contribution in [0.2, 0.25) is 0 Å². The molecule has 1 heterocycles. The molecule has 1 aromatic rings. The first-order chi connectivity index (χ1) is 5.27. The molecule has 0 aliphatic carbocycles. The first-order valence-corrected chi connectivity index (χ1v) is 3.78. The van der Waals surface area contributed by atoms with E-state index in [0.717, 1.165) is 6.42 Å². The van der Waals surface area contributed by atoms with Gasteiger partial charge in [0.2, 0.25) is 5.89 Å². The van der Waals surface area contributed by atoms with E-state index in [2.05, 4.69) is 17.1 Å². The predicted octanol–water partition coefficient (Wildman–Crippen LogP) is 0.830. The molecular weight excluding hydrogens is 142 g/mol. The monoisotopic (exact) mass is 155 g/mol. The summed E-state index contributed by atoms with van der Waals surface area (Å²) in [5.41, 5.74) is 5.50. The Labute approximate surface area is 65.8 Å². The fraction of sp³-hybridized carbons (Fsp3) is 0.714. The van der Waals surface area contributed by atoms with Crippen LogP contribution in [0.5, 0.6) is 0 Å². The van der Waals surface area contributed by atoms with Crippen LogP contribution < -0.4 is 5.73 Å². The molecule has 0 spiro atoms. The molecule has 0 radical (unpaired) electrons. The molecule has 4 heteroatoms. The summed E-state index contributed by atoms with van der Waals surface area (Å²) in [5.74, 6) is 1.55. The van der Waals surface area contributed by atoms with Crippen LogP contribution in [-0.2, 0) is 0 Å². The first kappa shape index (κ1) is 8.20. The van der Waals surface area contributed by atoms with Gasteiger partial charge in [-0.25, -0.2) is 0 Å². The van der Waals surface area contributed by atoms with Crippen molar-refractivity contribution in [1.82, 2.24) is 10.1 Å². The van der Waals surface area contributed by atoms with Gasteiger partial charge in [0.25, 0.3) is 0 Å². The molecule has 11 heavy (non-hydrogen) atoms. The second-order valence-corrected chi connectivity index (χ2v) is 2.52. The fourth-order valence-corrected chi connectivity index (χ4v) is 0.921. The van der Waals surface area contributed by atoms with Gasteiger partial charge in [-0.2, -0.15) is 4.98 Å². The number of hydrogen-bond donors (Lipinski definition) is 1. The number of rotatable bonds is 3. The Morgan fingerprint density at radius 2 is 2.36 bits per heavy atom. The number of nitrogens with zero attached hydrogens (tertiary/aromatic N) is 2. The molecule has 0 bridgehead atoms. The highest BCUT2D eigenvalue weighted by atomic mass is 16.5. The molecule has 1 aromatic heterocycles. The highest BCUT2D eigenvalue weighted by molar-refractivity contribution is 4.92. The molecule has 0 fully saturated rings. The zero-order chi connectivity index (χ0) is 8.27. The van der Waals surface area contributed by atoms with E-state index in [4.69, 9.17) is 10.3 Å². The van der Waals surface area contributed by atoms with Gasteiger partial charge in [0.05, 0.1) is 5.92 Å². The molecule has 0 aromatic carbocycles. The molecule has 1 rings (SSSR count). The lowest BCUT2D eigenvalue weighted by atomic mass is 10.1. The van der Waals surface area contributed by atoms with Gasteiger partial charge in [-0.05, 0) is 13.3 Å². The zero-order valence-electron chi connectivity index (χ0n) is 6.87. The predicted molar refractivity (Wildman–Crippen MR) is 41.1 cm³/mol. The second-order valence-electron chi connectivity index (χ2n) is 2.52. The Hall–Kier alpha value is -0.900. The summed E-state index contributed by atoms with van der Waals surface area (Å²) >= 11 is 0. The molecule has 1 unspecified atom stereocenters. The lowest BCUT2D eigenvalue weighted by Gasteiger charge is -2.03. The van der Waals surface area contributed by atoms with Crippen molar-refractivity contribution in [1.29, 1.82) is 0 Å². The Morgan fingerprint density at radius 1 is 1.64 bits per heavy atom. The Kier molecular flexibility index (Phi) is 2.59.